The van der Waals surface area contributed by atoms with Crippen molar-refractivity contribution in [3.63, 3.8) is 0 Å². The fourth-order valence-corrected chi connectivity index (χ4v) is 1.57. The summed E-state index contributed by atoms with van der Waals surface area (Å²) in [5.74, 6) is 0.628. The SMILES string of the molecule is CC(C)(C)c1cc(=O)[nH]c(-c2ccccc2)n1. The van der Waals surface area contributed by atoms with Crippen LogP contribution in [0.15, 0.2) is 41.2 Å². The predicted octanol–water partition coefficient (Wildman–Crippen LogP) is 2.73. The molecular formula is C14H16N2O. The molecule has 0 saturated carbocycles. The van der Waals surface area contributed by atoms with Gasteiger partial charge in [0.05, 0.1) is 5.69 Å². The van der Waals surface area contributed by atoms with Crippen molar-refractivity contribution in [3.8, 4) is 11.4 Å². The van der Waals surface area contributed by atoms with Crippen LogP contribution in [0.5, 0.6) is 0 Å². The lowest BCUT2D eigenvalue weighted by atomic mass is 9.92. The zero-order valence-electron chi connectivity index (χ0n) is 10.3. The first kappa shape index (κ1) is 11.6. The lowest BCUT2D eigenvalue weighted by molar-refractivity contribution is 0.566. The Morgan fingerprint density at radius 3 is 2.35 bits per heavy atom. The molecule has 0 aliphatic rings. The van der Waals surface area contributed by atoms with Crippen LogP contribution in [0.25, 0.3) is 11.4 Å². The summed E-state index contributed by atoms with van der Waals surface area (Å²) < 4.78 is 0. The summed E-state index contributed by atoms with van der Waals surface area (Å²) in [6, 6.07) is 11.2. The number of H-pyrrole nitrogens is 1. The second-order valence-electron chi connectivity index (χ2n) is 5.10. The van der Waals surface area contributed by atoms with Crippen molar-refractivity contribution in [2.24, 2.45) is 0 Å². The van der Waals surface area contributed by atoms with Crippen LogP contribution in [0.4, 0.5) is 0 Å². The highest BCUT2D eigenvalue weighted by molar-refractivity contribution is 5.54. The Morgan fingerprint density at radius 1 is 1.12 bits per heavy atom. The fourth-order valence-electron chi connectivity index (χ4n) is 1.57. The Balaban J connectivity index is 2.58. The minimum Gasteiger partial charge on any atom is -0.307 e. The van der Waals surface area contributed by atoms with Gasteiger partial charge in [0.1, 0.15) is 5.82 Å². The standard InChI is InChI=1S/C14H16N2O/c1-14(2,3)11-9-12(17)16-13(15-11)10-7-5-4-6-8-10/h4-9H,1-3H3,(H,15,16,17). The van der Waals surface area contributed by atoms with E-state index in [0.29, 0.717) is 5.82 Å². The van der Waals surface area contributed by atoms with Crippen molar-refractivity contribution in [2.45, 2.75) is 26.2 Å². The topological polar surface area (TPSA) is 45.8 Å². The van der Waals surface area contributed by atoms with E-state index in [0.717, 1.165) is 11.3 Å². The fraction of sp³-hybridized carbons (Fsp3) is 0.286. The molecule has 88 valence electrons. The van der Waals surface area contributed by atoms with Gasteiger partial charge in [-0.15, -0.1) is 0 Å². The third-order valence-electron chi connectivity index (χ3n) is 2.56. The molecule has 1 aromatic carbocycles. The predicted molar refractivity (Wildman–Crippen MR) is 69.0 cm³/mol. The number of benzene rings is 1. The van der Waals surface area contributed by atoms with E-state index in [1.54, 1.807) is 6.07 Å². The third-order valence-corrected chi connectivity index (χ3v) is 2.56. The minimum absolute atomic E-state index is 0.108. The number of hydrogen-bond donors (Lipinski definition) is 1. The van der Waals surface area contributed by atoms with Crippen molar-refractivity contribution >= 4 is 0 Å². The van der Waals surface area contributed by atoms with Gasteiger partial charge < -0.3 is 4.98 Å². The Morgan fingerprint density at radius 2 is 1.76 bits per heavy atom. The van der Waals surface area contributed by atoms with E-state index in [-0.39, 0.29) is 11.0 Å². The van der Waals surface area contributed by atoms with E-state index in [4.69, 9.17) is 0 Å². The van der Waals surface area contributed by atoms with Crippen LogP contribution < -0.4 is 5.56 Å². The minimum atomic E-state index is -0.127. The summed E-state index contributed by atoms with van der Waals surface area (Å²) in [5, 5.41) is 0. The summed E-state index contributed by atoms with van der Waals surface area (Å²) in [6.45, 7) is 6.14. The lowest BCUT2D eigenvalue weighted by Gasteiger charge is -2.17. The summed E-state index contributed by atoms with van der Waals surface area (Å²) in [5.41, 5.74) is 1.50. The molecule has 1 aromatic heterocycles. The van der Waals surface area contributed by atoms with Gasteiger partial charge in [0.25, 0.3) is 5.56 Å². The number of aromatic amines is 1. The smallest absolute Gasteiger partial charge is 0.251 e. The molecule has 0 fully saturated rings. The van der Waals surface area contributed by atoms with E-state index in [2.05, 4.69) is 9.97 Å². The summed E-state index contributed by atoms with van der Waals surface area (Å²) in [7, 11) is 0. The monoisotopic (exact) mass is 228 g/mol. The summed E-state index contributed by atoms with van der Waals surface area (Å²) in [6.07, 6.45) is 0. The first-order valence-corrected chi connectivity index (χ1v) is 5.64. The molecule has 1 N–H and O–H groups in total. The van der Waals surface area contributed by atoms with Crippen LogP contribution in [-0.2, 0) is 5.41 Å². The maximum atomic E-state index is 11.6. The highest BCUT2D eigenvalue weighted by atomic mass is 16.1. The zero-order chi connectivity index (χ0) is 12.5. The molecular weight excluding hydrogens is 212 g/mol. The molecule has 0 unspecified atom stereocenters. The number of aromatic nitrogens is 2. The van der Waals surface area contributed by atoms with Gasteiger partial charge in [0.15, 0.2) is 0 Å². The van der Waals surface area contributed by atoms with E-state index in [1.165, 1.54) is 0 Å². The number of nitrogens with zero attached hydrogens (tertiary/aromatic N) is 1. The van der Waals surface area contributed by atoms with Crippen molar-refractivity contribution < 1.29 is 0 Å². The Kier molecular flexibility index (Phi) is 2.84. The van der Waals surface area contributed by atoms with Gasteiger partial charge in [-0.1, -0.05) is 51.1 Å². The van der Waals surface area contributed by atoms with Gasteiger partial charge in [0.2, 0.25) is 0 Å². The quantitative estimate of drug-likeness (QED) is 0.815. The lowest BCUT2D eigenvalue weighted by Crippen LogP contribution is -2.19. The van der Waals surface area contributed by atoms with E-state index < -0.39 is 0 Å². The zero-order valence-corrected chi connectivity index (χ0v) is 10.3. The van der Waals surface area contributed by atoms with Crippen LogP contribution in [0.1, 0.15) is 26.5 Å². The summed E-state index contributed by atoms with van der Waals surface area (Å²) >= 11 is 0. The third kappa shape index (κ3) is 2.61. The maximum absolute atomic E-state index is 11.6. The largest absolute Gasteiger partial charge is 0.307 e. The van der Waals surface area contributed by atoms with Crippen LogP contribution in [-0.4, -0.2) is 9.97 Å². The van der Waals surface area contributed by atoms with Crippen molar-refractivity contribution in [3.05, 3.63) is 52.4 Å². The van der Waals surface area contributed by atoms with Gasteiger partial charge in [-0.2, -0.15) is 0 Å². The number of nitrogens with one attached hydrogen (secondary N) is 1. The molecule has 2 rings (SSSR count). The molecule has 0 aliphatic carbocycles. The average molecular weight is 228 g/mol. The molecule has 3 heteroatoms. The van der Waals surface area contributed by atoms with Crippen LogP contribution in [0.2, 0.25) is 0 Å². The van der Waals surface area contributed by atoms with E-state index >= 15 is 0 Å². The second-order valence-corrected chi connectivity index (χ2v) is 5.10. The number of hydrogen-bond acceptors (Lipinski definition) is 2. The average Bonchev–Trinajstić information content (AvgIpc) is 2.28. The Bertz CT molecular complexity index is 565. The highest BCUT2D eigenvalue weighted by Gasteiger charge is 2.17. The Hall–Kier alpha value is -1.90. The van der Waals surface area contributed by atoms with Gasteiger partial charge >= 0.3 is 0 Å². The van der Waals surface area contributed by atoms with Gasteiger partial charge in [-0.25, -0.2) is 4.98 Å². The molecule has 2 aromatic rings. The molecule has 17 heavy (non-hydrogen) atoms. The van der Waals surface area contributed by atoms with Crippen LogP contribution in [0, 0.1) is 0 Å². The Labute approximate surface area is 101 Å². The van der Waals surface area contributed by atoms with E-state index in [1.807, 2.05) is 51.1 Å². The summed E-state index contributed by atoms with van der Waals surface area (Å²) in [4.78, 5) is 18.9. The van der Waals surface area contributed by atoms with Crippen LogP contribution in [0.3, 0.4) is 0 Å². The molecule has 0 spiro atoms. The van der Waals surface area contributed by atoms with Crippen molar-refractivity contribution in [1.29, 1.82) is 0 Å². The molecule has 0 saturated heterocycles. The molecule has 1 heterocycles. The molecule has 0 amide bonds. The first-order valence-electron chi connectivity index (χ1n) is 5.64. The van der Waals surface area contributed by atoms with E-state index in [9.17, 15) is 4.79 Å². The van der Waals surface area contributed by atoms with Gasteiger partial charge in [-0.3, -0.25) is 4.79 Å². The van der Waals surface area contributed by atoms with Crippen molar-refractivity contribution in [2.75, 3.05) is 0 Å². The normalized spacial score (nSPS) is 11.5. The maximum Gasteiger partial charge on any atom is 0.251 e. The molecule has 3 nitrogen and oxygen atoms in total. The molecule has 0 bridgehead atoms. The van der Waals surface area contributed by atoms with Crippen molar-refractivity contribution in [1.82, 2.24) is 9.97 Å². The molecule has 0 aliphatic heterocycles. The first-order chi connectivity index (χ1) is 7.97. The highest BCUT2D eigenvalue weighted by Crippen LogP contribution is 2.21. The van der Waals surface area contributed by atoms with Crippen LogP contribution >= 0.6 is 0 Å². The van der Waals surface area contributed by atoms with Gasteiger partial charge in [-0.05, 0) is 0 Å². The second kappa shape index (κ2) is 4.17. The number of rotatable bonds is 1. The molecule has 0 radical (unpaired) electrons. The van der Waals surface area contributed by atoms with Gasteiger partial charge in [0, 0.05) is 17.0 Å². The molecule has 0 atom stereocenters.